The summed E-state index contributed by atoms with van der Waals surface area (Å²) in [6.07, 6.45) is 0.384. The number of aryl methyl sites for hydroxylation is 3. The van der Waals surface area contributed by atoms with Crippen molar-refractivity contribution in [3.63, 3.8) is 0 Å². The smallest absolute Gasteiger partial charge is 0.220 e. The number of hydrogen-bond donors (Lipinski definition) is 1. The van der Waals surface area contributed by atoms with E-state index in [1.807, 2.05) is 67.9 Å². The van der Waals surface area contributed by atoms with Crippen molar-refractivity contribution in [3.05, 3.63) is 65.0 Å². The number of amides is 1. The first-order chi connectivity index (χ1) is 12.5. The fourth-order valence-corrected chi connectivity index (χ4v) is 3.02. The van der Waals surface area contributed by atoms with Crippen LogP contribution in [0.1, 0.15) is 40.2 Å². The summed E-state index contributed by atoms with van der Waals surface area (Å²) in [5.74, 6) is 0.653. The van der Waals surface area contributed by atoms with Crippen LogP contribution in [0.15, 0.2) is 42.5 Å². The molecule has 0 saturated heterocycles. The largest absolute Gasteiger partial charge is 0.349 e. The first-order valence-electron chi connectivity index (χ1n) is 8.73. The van der Waals surface area contributed by atoms with Crippen LogP contribution in [0.4, 0.5) is 0 Å². The van der Waals surface area contributed by atoms with Gasteiger partial charge in [-0.3, -0.25) is 9.59 Å². The Morgan fingerprint density at radius 2 is 1.85 bits per heavy atom. The van der Waals surface area contributed by atoms with Crippen molar-refractivity contribution in [1.82, 2.24) is 14.9 Å². The zero-order chi connectivity index (χ0) is 18.7. The molecule has 0 atom stereocenters. The van der Waals surface area contributed by atoms with Gasteiger partial charge in [-0.25, -0.2) is 4.98 Å². The van der Waals surface area contributed by atoms with Crippen LogP contribution < -0.4 is 5.32 Å². The van der Waals surface area contributed by atoms with Crippen LogP contribution in [0.2, 0.25) is 0 Å². The number of ketones is 1. The third kappa shape index (κ3) is 3.82. The molecule has 26 heavy (non-hydrogen) atoms. The standard InChI is InChI=1S/C21H23N3O2/c1-14-8-9-15(2)16(12-14)19(25)10-11-21(26)22-13-20-23-17-6-4-5-7-18(17)24(20)3/h4-9,12H,10-11,13H2,1-3H3,(H,22,26). The Kier molecular flexibility index (Phi) is 5.16. The number of carbonyl (C=O) groups excluding carboxylic acids is 2. The molecular weight excluding hydrogens is 326 g/mol. The summed E-state index contributed by atoms with van der Waals surface area (Å²) in [6, 6.07) is 13.7. The van der Waals surface area contributed by atoms with Gasteiger partial charge in [0.25, 0.3) is 0 Å². The number of para-hydroxylation sites is 2. The number of Topliss-reactive ketones (excluding diaryl/α,β-unsaturated/α-hetero) is 1. The van der Waals surface area contributed by atoms with Gasteiger partial charge in [0, 0.05) is 25.5 Å². The number of nitrogens with one attached hydrogen (secondary N) is 1. The molecule has 0 aliphatic heterocycles. The molecule has 0 aliphatic carbocycles. The second-order valence-corrected chi connectivity index (χ2v) is 6.59. The predicted octanol–water partition coefficient (Wildman–Crippen LogP) is 3.47. The number of aromatic nitrogens is 2. The molecule has 0 fully saturated rings. The van der Waals surface area contributed by atoms with Crippen LogP contribution in [-0.4, -0.2) is 21.2 Å². The van der Waals surface area contributed by atoms with Gasteiger partial charge < -0.3 is 9.88 Å². The summed E-state index contributed by atoms with van der Waals surface area (Å²) in [5, 5.41) is 2.86. The average molecular weight is 349 g/mol. The minimum atomic E-state index is -0.143. The third-order valence-electron chi connectivity index (χ3n) is 4.60. The number of carbonyl (C=O) groups is 2. The second-order valence-electron chi connectivity index (χ2n) is 6.59. The Morgan fingerprint density at radius 3 is 2.62 bits per heavy atom. The molecule has 0 saturated carbocycles. The molecule has 5 nitrogen and oxygen atoms in total. The van der Waals surface area contributed by atoms with Crippen LogP contribution in [0, 0.1) is 13.8 Å². The quantitative estimate of drug-likeness (QED) is 0.693. The molecule has 2 aromatic carbocycles. The molecule has 1 aromatic heterocycles. The second kappa shape index (κ2) is 7.52. The van der Waals surface area contributed by atoms with Gasteiger partial charge in [-0.15, -0.1) is 0 Å². The third-order valence-corrected chi connectivity index (χ3v) is 4.60. The zero-order valence-corrected chi connectivity index (χ0v) is 15.4. The lowest BCUT2D eigenvalue weighted by Crippen LogP contribution is -2.24. The molecule has 0 spiro atoms. The summed E-state index contributed by atoms with van der Waals surface area (Å²) in [6.45, 7) is 4.22. The van der Waals surface area contributed by atoms with E-state index in [0.717, 1.165) is 28.0 Å². The molecule has 0 aliphatic rings. The van der Waals surface area contributed by atoms with E-state index in [4.69, 9.17) is 0 Å². The zero-order valence-electron chi connectivity index (χ0n) is 15.4. The van der Waals surface area contributed by atoms with Crippen molar-refractivity contribution in [2.45, 2.75) is 33.2 Å². The Bertz CT molecular complexity index is 973. The SMILES string of the molecule is Cc1ccc(C)c(C(=O)CCC(=O)NCc2nc3ccccc3n2C)c1. The summed E-state index contributed by atoms with van der Waals surface area (Å²) < 4.78 is 1.97. The highest BCUT2D eigenvalue weighted by Gasteiger charge is 2.13. The van der Waals surface area contributed by atoms with Gasteiger partial charge in [0.1, 0.15) is 5.82 Å². The lowest BCUT2D eigenvalue weighted by Gasteiger charge is -2.07. The fourth-order valence-electron chi connectivity index (χ4n) is 3.02. The molecule has 0 bridgehead atoms. The van der Waals surface area contributed by atoms with E-state index < -0.39 is 0 Å². The molecule has 1 amide bonds. The van der Waals surface area contributed by atoms with Crippen LogP contribution in [-0.2, 0) is 18.4 Å². The number of fused-ring (bicyclic) bond motifs is 1. The highest BCUT2D eigenvalue weighted by Crippen LogP contribution is 2.15. The summed E-state index contributed by atoms with van der Waals surface area (Å²) in [5.41, 5.74) is 4.63. The number of imidazole rings is 1. The highest BCUT2D eigenvalue weighted by atomic mass is 16.2. The molecule has 0 radical (unpaired) electrons. The molecular formula is C21H23N3O2. The fraction of sp³-hybridized carbons (Fsp3) is 0.286. The monoisotopic (exact) mass is 349 g/mol. The molecule has 1 heterocycles. The summed E-state index contributed by atoms with van der Waals surface area (Å²) in [4.78, 5) is 29.0. The van der Waals surface area contributed by atoms with Crippen LogP contribution in [0.5, 0.6) is 0 Å². The number of nitrogens with zero attached hydrogens (tertiary/aromatic N) is 2. The van der Waals surface area contributed by atoms with E-state index in [1.54, 1.807) is 0 Å². The van der Waals surface area contributed by atoms with Crippen molar-refractivity contribution in [1.29, 1.82) is 0 Å². The lowest BCUT2D eigenvalue weighted by molar-refractivity contribution is -0.121. The molecule has 134 valence electrons. The Labute approximate surface area is 153 Å². The van der Waals surface area contributed by atoms with Crippen LogP contribution >= 0.6 is 0 Å². The van der Waals surface area contributed by atoms with Crippen molar-refractivity contribution < 1.29 is 9.59 Å². The minimum absolute atomic E-state index is 0.00378. The Hall–Kier alpha value is -2.95. The molecule has 0 unspecified atom stereocenters. The van der Waals surface area contributed by atoms with E-state index in [-0.39, 0.29) is 24.5 Å². The normalized spacial score (nSPS) is 10.9. The van der Waals surface area contributed by atoms with Crippen molar-refractivity contribution >= 4 is 22.7 Å². The molecule has 5 heteroatoms. The summed E-state index contributed by atoms with van der Waals surface area (Å²) in [7, 11) is 1.93. The van der Waals surface area contributed by atoms with E-state index in [1.165, 1.54) is 0 Å². The average Bonchev–Trinajstić information content (AvgIpc) is 2.96. The first-order valence-corrected chi connectivity index (χ1v) is 8.73. The lowest BCUT2D eigenvalue weighted by atomic mass is 9.99. The van der Waals surface area contributed by atoms with Crippen molar-refractivity contribution in [2.75, 3.05) is 0 Å². The van der Waals surface area contributed by atoms with E-state index >= 15 is 0 Å². The van der Waals surface area contributed by atoms with E-state index in [9.17, 15) is 9.59 Å². The Morgan fingerprint density at radius 1 is 1.08 bits per heavy atom. The molecule has 3 rings (SSSR count). The maximum Gasteiger partial charge on any atom is 0.220 e. The van der Waals surface area contributed by atoms with Crippen LogP contribution in [0.3, 0.4) is 0 Å². The highest BCUT2D eigenvalue weighted by molar-refractivity contribution is 5.99. The number of hydrogen-bond acceptors (Lipinski definition) is 3. The van der Waals surface area contributed by atoms with Crippen molar-refractivity contribution in [3.8, 4) is 0 Å². The maximum atomic E-state index is 12.4. The van der Waals surface area contributed by atoms with Gasteiger partial charge in [-0.2, -0.15) is 0 Å². The van der Waals surface area contributed by atoms with Crippen LogP contribution in [0.25, 0.3) is 11.0 Å². The summed E-state index contributed by atoms with van der Waals surface area (Å²) >= 11 is 0. The van der Waals surface area contributed by atoms with Gasteiger partial charge in [-0.05, 0) is 37.6 Å². The molecule has 1 N–H and O–H groups in total. The Balaban J connectivity index is 1.56. The minimum Gasteiger partial charge on any atom is -0.349 e. The number of benzene rings is 2. The van der Waals surface area contributed by atoms with Gasteiger partial charge >= 0.3 is 0 Å². The van der Waals surface area contributed by atoms with E-state index in [0.29, 0.717) is 12.1 Å². The van der Waals surface area contributed by atoms with Gasteiger partial charge in [0.15, 0.2) is 5.78 Å². The van der Waals surface area contributed by atoms with E-state index in [2.05, 4.69) is 10.3 Å². The first kappa shape index (κ1) is 17.9. The molecule has 3 aromatic rings. The maximum absolute atomic E-state index is 12.4. The van der Waals surface area contributed by atoms with Gasteiger partial charge in [0.05, 0.1) is 17.6 Å². The number of rotatable bonds is 6. The van der Waals surface area contributed by atoms with Crippen molar-refractivity contribution in [2.24, 2.45) is 7.05 Å². The predicted molar refractivity (Wildman–Crippen MR) is 102 cm³/mol. The van der Waals surface area contributed by atoms with Gasteiger partial charge in [-0.1, -0.05) is 29.8 Å². The topological polar surface area (TPSA) is 64.0 Å². The van der Waals surface area contributed by atoms with Gasteiger partial charge in [0.2, 0.25) is 5.91 Å².